The molecule has 2 aliphatic rings. The molecule has 0 unspecified atom stereocenters. The second-order valence-corrected chi connectivity index (χ2v) is 10.4. The number of para-hydroxylation sites is 1. The van der Waals surface area contributed by atoms with E-state index in [1.54, 1.807) is 18.0 Å². The highest BCUT2D eigenvalue weighted by molar-refractivity contribution is 5.95. The Labute approximate surface area is 213 Å². The molecule has 2 aliphatic heterocycles. The van der Waals surface area contributed by atoms with Crippen molar-refractivity contribution < 1.29 is 24.5 Å². The predicted molar refractivity (Wildman–Crippen MR) is 138 cm³/mol. The summed E-state index contributed by atoms with van der Waals surface area (Å²) >= 11 is 0. The monoisotopic (exact) mass is 495 g/mol. The standard InChI is InChI=1S/C28H37N3O5/c1-29(2)22-9-6-8-21(15-22)27(35)31-13-11-28(12-14-31)17-24(33)23(32)16-20-7-4-5-10-25(20)36-18-26(34)30(3)19-28/h4-10,15,23-24,32-33H,11-14,16-19H2,1-3H3/t23-,24+/m0/s1. The fraction of sp³-hybridized carbons (Fsp3) is 0.500. The molecule has 194 valence electrons. The molecule has 1 spiro atoms. The molecule has 0 aromatic heterocycles. The van der Waals surface area contributed by atoms with Crippen LogP contribution in [0.1, 0.15) is 35.2 Å². The van der Waals surface area contributed by atoms with Crippen molar-refractivity contribution in [2.24, 2.45) is 5.41 Å². The molecule has 0 saturated carbocycles. The fourth-order valence-electron chi connectivity index (χ4n) is 5.31. The van der Waals surface area contributed by atoms with Gasteiger partial charge in [-0.2, -0.15) is 0 Å². The van der Waals surface area contributed by atoms with Crippen molar-refractivity contribution in [3.05, 3.63) is 59.7 Å². The molecule has 8 nitrogen and oxygen atoms in total. The van der Waals surface area contributed by atoms with E-state index >= 15 is 0 Å². The van der Waals surface area contributed by atoms with Crippen LogP contribution in [0.15, 0.2) is 48.5 Å². The van der Waals surface area contributed by atoms with E-state index < -0.39 is 17.6 Å². The first-order chi connectivity index (χ1) is 17.2. The van der Waals surface area contributed by atoms with E-state index in [1.165, 1.54) is 0 Å². The summed E-state index contributed by atoms with van der Waals surface area (Å²) in [6.45, 7) is 1.39. The van der Waals surface area contributed by atoms with Gasteiger partial charge >= 0.3 is 0 Å². The number of likely N-dealkylation sites (tertiary alicyclic amines) is 1. The van der Waals surface area contributed by atoms with Gasteiger partial charge < -0.3 is 29.6 Å². The smallest absolute Gasteiger partial charge is 0.260 e. The van der Waals surface area contributed by atoms with Crippen LogP contribution in [0.2, 0.25) is 0 Å². The molecular weight excluding hydrogens is 458 g/mol. The van der Waals surface area contributed by atoms with E-state index in [9.17, 15) is 19.8 Å². The molecule has 2 atom stereocenters. The van der Waals surface area contributed by atoms with E-state index in [0.717, 1.165) is 11.3 Å². The first-order valence-corrected chi connectivity index (χ1v) is 12.5. The van der Waals surface area contributed by atoms with Gasteiger partial charge in [-0.05, 0) is 54.5 Å². The normalized spacial score (nSPS) is 22.8. The number of aliphatic hydroxyl groups is 2. The Balaban J connectivity index is 1.51. The minimum Gasteiger partial charge on any atom is -0.483 e. The summed E-state index contributed by atoms with van der Waals surface area (Å²) in [6, 6.07) is 14.9. The Morgan fingerprint density at radius 1 is 1.06 bits per heavy atom. The Bertz CT molecular complexity index is 1080. The topological polar surface area (TPSA) is 93.6 Å². The van der Waals surface area contributed by atoms with Crippen molar-refractivity contribution in [2.45, 2.75) is 37.9 Å². The summed E-state index contributed by atoms with van der Waals surface area (Å²) in [4.78, 5) is 31.6. The van der Waals surface area contributed by atoms with Gasteiger partial charge in [-0.15, -0.1) is 0 Å². The molecule has 0 aliphatic carbocycles. The first-order valence-electron chi connectivity index (χ1n) is 12.5. The maximum atomic E-state index is 13.2. The van der Waals surface area contributed by atoms with Gasteiger partial charge in [0.2, 0.25) is 0 Å². The Morgan fingerprint density at radius 3 is 2.50 bits per heavy atom. The van der Waals surface area contributed by atoms with Gasteiger partial charge in [0.25, 0.3) is 11.8 Å². The molecule has 2 heterocycles. The van der Waals surface area contributed by atoms with Crippen LogP contribution in [0.3, 0.4) is 0 Å². The Hall–Kier alpha value is -3.10. The number of amides is 2. The van der Waals surface area contributed by atoms with Crippen LogP contribution >= 0.6 is 0 Å². The van der Waals surface area contributed by atoms with Crippen molar-refractivity contribution in [1.29, 1.82) is 0 Å². The number of fused-ring (bicyclic) bond motifs is 1. The second-order valence-electron chi connectivity index (χ2n) is 10.4. The molecule has 2 N–H and O–H groups in total. The lowest BCUT2D eigenvalue weighted by atomic mass is 9.72. The maximum absolute atomic E-state index is 13.2. The van der Waals surface area contributed by atoms with Crippen molar-refractivity contribution in [3.63, 3.8) is 0 Å². The fourth-order valence-corrected chi connectivity index (χ4v) is 5.31. The molecule has 2 aromatic rings. The summed E-state index contributed by atoms with van der Waals surface area (Å²) in [5.74, 6) is 0.390. The lowest BCUT2D eigenvalue weighted by Crippen LogP contribution is -2.51. The van der Waals surface area contributed by atoms with Crippen LogP contribution in [0.25, 0.3) is 0 Å². The van der Waals surface area contributed by atoms with Crippen molar-refractivity contribution >= 4 is 17.5 Å². The van der Waals surface area contributed by atoms with E-state index in [0.29, 0.717) is 50.2 Å². The van der Waals surface area contributed by atoms with Gasteiger partial charge in [-0.1, -0.05) is 24.3 Å². The summed E-state index contributed by atoms with van der Waals surface area (Å²) < 4.78 is 5.79. The zero-order valence-corrected chi connectivity index (χ0v) is 21.4. The van der Waals surface area contributed by atoms with E-state index in [2.05, 4.69) is 0 Å². The minimum atomic E-state index is -0.958. The van der Waals surface area contributed by atoms with Crippen molar-refractivity contribution in [1.82, 2.24) is 9.80 Å². The van der Waals surface area contributed by atoms with E-state index in [4.69, 9.17) is 4.74 Å². The van der Waals surface area contributed by atoms with E-state index in [-0.39, 0.29) is 24.8 Å². The molecule has 8 heteroatoms. The lowest BCUT2D eigenvalue weighted by molar-refractivity contribution is -0.135. The molecule has 0 radical (unpaired) electrons. The average Bonchev–Trinajstić information content (AvgIpc) is 2.87. The summed E-state index contributed by atoms with van der Waals surface area (Å²) in [7, 11) is 5.64. The first kappa shape index (κ1) is 26.0. The minimum absolute atomic E-state index is 0.0169. The lowest BCUT2D eigenvalue weighted by Gasteiger charge is -2.45. The van der Waals surface area contributed by atoms with Crippen LogP contribution in [-0.4, -0.2) is 91.4 Å². The van der Waals surface area contributed by atoms with Crippen LogP contribution in [0, 0.1) is 5.41 Å². The predicted octanol–water partition coefficient (Wildman–Crippen LogP) is 2.18. The Morgan fingerprint density at radius 2 is 1.78 bits per heavy atom. The molecular formula is C28H37N3O5. The summed E-state index contributed by atoms with van der Waals surface area (Å²) in [5.41, 5.74) is 1.96. The van der Waals surface area contributed by atoms with Gasteiger partial charge in [-0.25, -0.2) is 0 Å². The molecule has 2 aromatic carbocycles. The highest BCUT2D eigenvalue weighted by atomic mass is 16.5. The van der Waals surface area contributed by atoms with Gasteiger partial charge in [0.05, 0.1) is 12.2 Å². The van der Waals surface area contributed by atoms with Crippen LogP contribution in [0.4, 0.5) is 5.69 Å². The maximum Gasteiger partial charge on any atom is 0.260 e. The van der Waals surface area contributed by atoms with Gasteiger partial charge in [0.1, 0.15) is 5.75 Å². The number of hydrogen-bond donors (Lipinski definition) is 2. The number of carbonyl (C=O) groups excluding carboxylic acids is 2. The SMILES string of the molecule is CN1CC2(CCN(C(=O)c3cccc(N(C)C)c3)CC2)C[C@@H](O)[C@@H](O)Cc2ccccc2OCC1=O. The van der Waals surface area contributed by atoms with Gasteiger partial charge in [0, 0.05) is 58.4 Å². The number of rotatable bonds is 2. The molecule has 1 saturated heterocycles. The molecule has 0 bridgehead atoms. The van der Waals surface area contributed by atoms with Gasteiger partial charge in [-0.3, -0.25) is 9.59 Å². The number of likely N-dealkylation sites (N-methyl/N-ethyl adjacent to an activating group) is 1. The second kappa shape index (κ2) is 10.9. The number of hydrogen-bond acceptors (Lipinski definition) is 6. The Kier molecular flexibility index (Phi) is 7.85. The highest BCUT2D eigenvalue weighted by Crippen LogP contribution is 2.39. The molecule has 4 rings (SSSR count). The third-order valence-electron chi connectivity index (χ3n) is 7.56. The zero-order chi connectivity index (χ0) is 25.9. The number of anilines is 1. The quantitative estimate of drug-likeness (QED) is 0.664. The van der Waals surface area contributed by atoms with Crippen molar-refractivity contribution in [3.8, 4) is 5.75 Å². The number of piperidine rings is 1. The van der Waals surface area contributed by atoms with Crippen LogP contribution < -0.4 is 9.64 Å². The largest absolute Gasteiger partial charge is 0.483 e. The molecule has 2 amide bonds. The summed E-state index contributed by atoms with van der Waals surface area (Å²) in [6.07, 6.45) is -0.0619. The number of benzene rings is 2. The average molecular weight is 496 g/mol. The van der Waals surface area contributed by atoms with Crippen molar-refractivity contribution in [2.75, 3.05) is 52.3 Å². The van der Waals surface area contributed by atoms with Crippen LogP contribution in [0.5, 0.6) is 5.75 Å². The van der Waals surface area contributed by atoms with E-state index in [1.807, 2.05) is 66.4 Å². The molecule has 36 heavy (non-hydrogen) atoms. The third kappa shape index (κ3) is 5.82. The zero-order valence-electron chi connectivity index (χ0n) is 21.4. The van der Waals surface area contributed by atoms with Gasteiger partial charge in [0.15, 0.2) is 6.61 Å². The van der Waals surface area contributed by atoms with Crippen LogP contribution in [-0.2, 0) is 11.2 Å². The number of carbonyl (C=O) groups is 2. The third-order valence-corrected chi connectivity index (χ3v) is 7.56. The number of nitrogens with zero attached hydrogens (tertiary/aromatic N) is 3. The highest BCUT2D eigenvalue weighted by Gasteiger charge is 2.41. The summed E-state index contributed by atoms with van der Waals surface area (Å²) in [5, 5.41) is 21.9. The number of aliphatic hydroxyl groups excluding tert-OH is 2. The number of ether oxygens (including phenoxy) is 1. The molecule has 1 fully saturated rings.